The lowest BCUT2D eigenvalue weighted by Gasteiger charge is -2.33. The first-order chi connectivity index (χ1) is 14.1. The maximum absolute atomic E-state index is 13.4. The largest absolute Gasteiger partial charge is 0.497 e. The van der Waals surface area contributed by atoms with Gasteiger partial charge in [-0.25, -0.2) is 4.39 Å². The molecule has 0 radical (unpaired) electrons. The van der Waals surface area contributed by atoms with Crippen molar-refractivity contribution in [3.63, 3.8) is 0 Å². The van der Waals surface area contributed by atoms with Crippen LogP contribution < -0.4 is 15.0 Å². The maximum atomic E-state index is 13.4. The Labute approximate surface area is 168 Å². The summed E-state index contributed by atoms with van der Waals surface area (Å²) in [5, 5.41) is 10.5. The molecule has 1 atom stereocenters. The van der Waals surface area contributed by atoms with Crippen LogP contribution in [0.4, 0.5) is 10.2 Å². The summed E-state index contributed by atoms with van der Waals surface area (Å²) in [5.74, 6) is 0.990. The summed E-state index contributed by atoms with van der Waals surface area (Å²) in [7, 11) is 1.64. The van der Waals surface area contributed by atoms with Gasteiger partial charge in [0, 0.05) is 30.8 Å². The first-order valence-corrected chi connectivity index (χ1v) is 9.63. The van der Waals surface area contributed by atoms with Crippen LogP contribution in [0.3, 0.4) is 0 Å². The van der Waals surface area contributed by atoms with Crippen LogP contribution in [-0.2, 0) is 0 Å². The number of H-pyrrole nitrogens is 1. The number of aromatic amines is 1. The number of ether oxygens (including phenoxy) is 1. The Morgan fingerprint density at radius 1 is 1.24 bits per heavy atom. The Morgan fingerprint density at radius 2 is 2.07 bits per heavy atom. The highest BCUT2D eigenvalue weighted by atomic mass is 19.1. The average molecular weight is 394 g/mol. The van der Waals surface area contributed by atoms with Crippen LogP contribution in [0.25, 0.3) is 11.3 Å². The van der Waals surface area contributed by atoms with E-state index in [1.54, 1.807) is 19.2 Å². The van der Waals surface area contributed by atoms with Crippen LogP contribution in [0, 0.1) is 5.82 Å². The number of carbonyl (C=O) groups is 1. The number of aromatic nitrogens is 2. The van der Waals surface area contributed by atoms with E-state index < -0.39 is 5.82 Å². The van der Waals surface area contributed by atoms with Gasteiger partial charge in [0.2, 0.25) is 0 Å². The topological polar surface area (TPSA) is 70.2 Å². The number of nitrogens with one attached hydrogen (secondary N) is 2. The number of amides is 1. The molecular formula is C22H23FN4O2. The maximum Gasteiger partial charge on any atom is 0.251 e. The summed E-state index contributed by atoms with van der Waals surface area (Å²) in [6.07, 6.45) is 1.83. The quantitative estimate of drug-likeness (QED) is 0.693. The van der Waals surface area contributed by atoms with Gasteiger partial charge in [0.25, 0.3) is 5.91 Å². The zero-order chi connectivity index (χ0) is 20.2. The van der Waals surface area contributed by atoms with E-state index in [-0.39, 0.29) is 11.9 Å². The zero-order valence-corrected chi connectivity index (χ0v) is 16.2. The molecule has 1 fully saturated rings. The fourth-order valence-corrected chi connectivity index (χ4v) is 3.59. The Kier molecular flexibility index (Phi) is 5.46. The number of benzene rings is 2. The standard InChI is InChI=1S/C22H23FN4O2/c1-29-19-9-7-15(8-10-19)20-13-21(26-25-20)27-11-3-6-18(14-27)24-22(28)16-4-2-5-17(23)12-16/h2,4-5,7-10,12-13,18H,3,6,11,14H2,1H3,(H,24,28)(H,25,26). The number of carbonyl (C=O) groups excluding carboxylic acids is 1. The van der Waals surface area contributed by atoms with Gasteiger partial charge in [0.1, 0.15) is 11.6 Å². The highest BCUT2D eigenvalue weighted by Crippen LogP contribution is 2.25. The van der Waals surface area contributed by atoms with Gasteiger partial charge >= 0.3 is 0 Å². The van der Waals surface area contributed by atoms with Crippen molar-refractivity contribution in [2.24, 2.45) is 0 Å². The van der Waals surface area contributed by atoms with Crippen molar-refractivity contribution in [1.29, 1.82) is 0 Å². The van der Waals surface area contributed by atoms with E-state index in [4.69, 9.17) is 4.74 Å². The summed E-state index contributed by atoms with van der Waals surface area (Å²) in [5.41, 5.74) is 2.29. The first kappa shape index (κ1) is 19.0. The van der Waals surface area contributed by atoms with Crippen molar-refractivity contribution in [3.8, 4) is 17.0 Å². The first-order valence-electron chi connectivity index (χ1n) is 9.63. The fourth-order valence-electron chi connectivity index (χ4n) is 3.59. The molecule has 1 amide bonds. The molecule has 2 heterocycles. The van der Waals surface area contributed by atoms with E-state index in [1.807, 2.05) is 30.3 Å². The summed E-state index contributed by atoms with van der Waals surface area (Å²) >= 11 is 0. The predicted molar refractivity (Wildman–Crippen MR) is 110 cm³/mol. The van der Waals surface area contributed by atoms with Gasteiger partial charge in [-0.15, -0.1) is 0 Å². The third-order valence-electron chi connectivity index (χ3n) is 5.13. The van der Waals surface area contributed by atoms with Crippen molar-refractivity contribution in [3.05, 3.63) is 66.0 Å². The number of anilines is 1. The smallest absolute Gasteiger partial charge is 0.251 e. The number of hydrogen-bond acceptors (Lipinski definition) is 4. The Morgan fingerprint density at radius 3 is 2.83 bits per heavy atom. The van der Waals surface area contributed by atoms with E-state index in [0.717, 1.165) is 42.2 Å². The molecule has 6 nitrogen and oxygen atoms in total. The highest BCUT2D eigenvalue weighted by molar-refractivity contribution is 5.94. The van der Waals surface area contributed by atoms with E-state index >= 15 is 0 Å². The number of rotatable bonds is 5. The lowest BCUT2D eigenvalue weighted by atomic mass is 10.0. The minimum absolute atomic E-state index is 0.0133. The van der Waals surface area contributed by atoms with Gasteiger partial charge in [-0.05, 0) is 60.9 Å². The molecule has 0 saturated carbocycles. The second-order valence-electron chi connectivity index (χ2n) is 7.14. The number of hydrogen-bond donors (Lipinski definition) is 2. The van der Waals surface area contributed by atoms with E-state index in [1.165, 1.54) is 12.1 Å². The van der Waals surface area contributed by atoms with Crippen molar-refractivity contribution < 1.29 is 13.9 Å². The van der Waals surface area contributed by atoms with Gasteiger partial charge in [-0.1, -0.05) is 6.07 Å². The molecule has 2 N–H and O–H groups in total. The zero-order valence-electron chi connectivity index (χ0n) is 16.2. The Hall–Kier alpha value is -3.35. The SMILES string of the molecule is COc1ccc(-c2cc(N3CCCC(NC(=O)c4cccc(F)c4)C3)n[nH]2)cc1. The third-order valence-corrected chi connectivity index (χ3v) is 5.13. The van der Waals surface area contributed by atoms with Gasteiger partial charge in [0.05, 0.1) is 12.8 Å². The second kappa shape index (κ2) is 8.34. The van der Waals surface area contributed by atoms with Crippen LogP contribution in [0.1, 0.15) is 23.2 Å². The number of nitrogens with zero attached hydrogens (tertiary/aromatic N) is 2. The van der Waals surface area contributed by atoms with Gasteiger partial charge in [-0.3, -0.25) is 9.89 Å². The van der Waals surface area contributed by atoms with E-state index in [2.05, 4.69) is 20.4 Å². The summed E-state index contributed by atoms with van der Waals surface area (Å²) in [4.78, 5) is 14.6. The van der Waals surface area contributed by atoms with Crippen molar-refractivity contribution in [1.82, 2.24) is 15.5 Å². The molecule has 2 aromatic carbocycles. The molecule has 4 rings (SSSR count). The van der Waals surface area contributed by atoms with Crippen LogP contribution in [0.2, 0.25) is 0 Å². The van der Waals surface area contributed by atoms with Crippen molar-refractivity contribution in [2.45, 2.75) is 18.9 Å². The predicted octanol–water partition coefficient (Wildman–Crippen LogP) is 3.62. The lowest BCUT2D eigenvalue weighted by Crippen LogP contribution is -2.48. The van der Waals surface area contributed by atoms with Crippen molar-refractivity contribution >= 4 is 11.7 Å². The third kappa shape index (κ3) is 4.39. The summed E-state index contributed by atoms with van der Waals surface area (Å²) < 4.78 is 18.6. The molecule has 0 bridgehead atoms. The van der Waals surface area contributed by atoms with Crippen LogP contribution in [-0.4, -0.2) is 42.3 Å². The highest BCUT2D eigenvalue weighted by Gasteiger charge is 2.23. The fraction of sp³-hybridized carbons (Fsp3) is 0.273. The molecular weight excluding hydrogens is 371 g/mol. The molecule has 7 heteroatoms. The molecule has 1 unspecified atom stereocenters. The second-order valence-corrected chi connectivity index (χ2v) is 7.14. The molecule has 1 aliphatic rings. The van der Waals surface area contributed by atoms with Crippen LogP contribution >= 0.6 is 0 Å². The van der Waals surface area contributed by atoms with E-state index in [9.17, 15) is 9.18 Å². The molecule has 0 aliphatic carbocycles. The Bertz CT molecular complexity index is 986. The van der Waals surface area contributed by atoms with Crippen molar-refractivity contribution in [2.75, 3.05) is 25.1 Å². The van der Waals surface area contributed by atoms with Crippen LogP contribution in [0.5, 0.6) is 5.75 Å². The summed E-state index contributed by atoms with van der Waals surface area (Å²) in [6.45, 7) is 1.53. The minimum Gasteiger partial charge on any atom is -0.497 e. The molecule has 29 heavy (non-hydrogen) atoms. The van der Waals surface area contributed by atoms with E-state index in [0.29, 0.717) is 12.1 Å². The minimum atomic E-state index is -0.412. The van der Waals surface area contributed by atoms with Gasteiger partial charge in [0.15, 0.2) is 5.82 Å². The number of piperidine rings is 1. The molecule has 0 spiro atoms. The molecule has 3 aromatic rings. The normalized spacial score (nSPS) is 16.5. The lowest BCUT2D eigenvalue weighted by molar-refractivity contribution is 0.0932. The molecule has 1 aromatic heterocycles. The Balaban J connectivity index is 1.42. The number of halogens is 1. The molecule has 1 aliphatic heterocycles. The van der Waals surface area contributed by atoms with Crippen LogP contribution in [0.15, 0.2) is 54.6 Å². The van der Waals surface area contributed by atoms with Gasteiger partial charge < -0.3 is 15.0 Å². The summed E-state index contributed by atoms with van der Waals surface area (Å²) in [6, 6.07) is 15.5. The number of methoxy groups -OCH3 is 1. The molecule has 150 valence electrons. The van der Waals surface area contributed by atoms with Gasteiger partial charge in [-0.2, -0.15) is 5.10 Å². The monoisotopic (exact) mass is 394 g/mol. The average Bonchev–Trinajstić information content (AvgIpc) is 3.24. The molecule has 1 saturated heterocycles.